The first kappa shape index (κ1) is 17.3. The molecule has 1 N–H and O–H groups in total. The van der Waals surface area contributed by atoms with Crippen LogP contribution in [0, 0.1) is 13.8 Å². The molecule has 1 aromatic carbocycles. The molecule has 0 fully saturated rings. The number of H-pyrrole nitrogens is 1. The fourth-order valence-electron chi connectivity index (χ4n) is 3.11. The van der Waals surface area contributed by atoms with Crippen molar-refractivity contribution >= 4 is 10.9 Å². The summed E-state index contributed by atoms with van der Waals surface area (Å²) in [5, 5.41) is 7.63. The molecule has 2 aromatic heterocycles. The van der Waals surface area contributed by atoms with E-state index in [0.717, 1.165) is 18.5 Å². The molecule has 25 heavy (non-hydrogen) atoms. The molecule has 0 bridgehead atoms. The van der Waals surface area contributed by atoms with Crippen LogP contribution in [0.15, 0.2) is 24.3 Å². The lowest BCUT2D eigenvalue weighted by Crippen LogP contribution is -2.23. The summed E-state index contributed by atoms with van der Waals surface area (Å²) in [6.07, 6.45) is -6.64. The maximum atomic E-state index is 13.3. The van der Waals surface area contributed by atoms with Crippen LogP contribution in [0.2, 0.25) is 0 Å². The van der Waals surface area contributed by atoms with Crippen molar-refractivity contribution in [2.75, 3.05) is 14.2 Å². The Labute approximate surface area is 142 Å². The van der Waals surface area contributed by atoms with Gasteiger partial charge in [0.15, 0.2) is 11.9 Å². The largest absolute Gasteiger partial charge is 0.496 e. The summed E-state index contributed by atoms with van der Waals surface area (Å²) in [7, 11) is 2.37. The van der Waals surface area contributed by atoms with Crippen LogP contribution in [0.3, 0.4) is 0 Å². The first-order chi connectivity index (χ1) is 11.8. The summed E-state index contributed by atoms with van der Waals surface area (Å²) in [4.78, 5) is 0. The van der Waals surface area contributed by atoms with Gasteiger partial charge in [0.25, 0.3) is 0 Å². The molecule has 0 saturated heterocycles. The summed E-state index contributed by atoms with van der Waals surface area (Å²) in [5.74, 6) is 0.587. The first-order valence-corrected chi connectivity index (χ1v) is 7.59. The minimum Gasteiger partial charge on any atom is -0.496 e. The average Bonchev–Trinajstić information content (AvgIpc) is 3.09. The van der Waals surface area contributed by atoms with Crippen LogP contribution in [-0.2, 0) is 4.74 Å². The van der Waals surface area contributed by atoms with Crippen LogP contribution in [0.25, 0.3) is 16.7 Å². The van der Waals surface area contributed by atoms with Gasteiger partial charge in [0, 0.05) is 24.1 Å². The number of alkyl halides is 3. The van der Waals surface area contributed by atoms with Gasteiger partial charge < -0.3 is 14.0 Å². The highest BCUT2D eigenvalue weighted by molar-refractivity contribution is 5.93. The molecule has 3 rings (SSSR count). The quantitative estimate of drug-likeness (QED) is 0.764. The molecule has 0 aliphatic rings. The second-order valence-corrected chi connectivity index (χ2v) is 5.77. The van der Waals surface area contributed by atoms with Crippen LogP contribution in [-0.4, -0.2) is 35.2 Å². The maximum absolute atomic E-state index is 13.3. The fourth-order valence-corrected chi connectivity index (χ4v) is 3.11. The highest BCUT2D eigenvalue weighted by Crippen LogP contribution is 2.43. The van der Waals surface area contributed by atoms with E-state index in [2.05, 4.69) is 10.2 Å². The van der Waals surface area contributed by atoms with Gasteiger partial charge in [0.05, 0.1) is 18.0 Å². The lowest BCUT2D eigenvalue weighted by molar-refractivity contribution is -0.216. The van der Waals surface area contributed by atoms with E-state index in [4.69, 9.17) is 9.47 Å². The Morgan fingerprint density at radius 1 is 1.08 bits per heavy atom. The van der Waals surface area contributed by atoms with Gasteiger partial charge in [-0.2, -0.15) is 18.3 Å². The molecular weight excluding hydrogens is 335 g/mol. The number of methoxy groups -OCH3 is 2. The molecule has 3 aromatic rings. The fraction of sp³-hybridized carbons (Fsp3) is 0.353. The molecule has 0 aliphatic carbocycles. The van der Waals surface area contributed by atoms with Crippen molar-refractivity contribution < 1.29 is 22.6 Å². The van der Waals surface area contributed by atoms with E-state index in [1.807, 2.05) is 30.5 Å². The van der Waals surface area contributed by atoms with Crippen molar-refractivity contribution in [3.05, 3.63) is 41.2 Å². The topological polar surface area (TPSA) is 52.1 Å². The van der Waals surface area contributed by atoms with E-state index in [-0.39, 0.29) is 11.3 Å². The molecule has 5 nitrogen and oxygen atoms in total. The van der Waals surface area contributed by atoms with Crippen LogP contribution in [0.4, 0.5) is 13.2 Å². The molecule has 0 spiro atoms. The van der Waals surface area contributed by atoms with E-state index in [1.54, 1.807) is 6.07 Å². The number of ether oxygens (including phenoxy) is 2. The summed E-state index contributed by atoms with van der Waals surface area (Å²) in [5.41, 5.74) is 2.32. The number of fused-ring (bicyclic) bond motifs is 1. The Morgan fingerprint density at radius 2 is 1.72 bits per heavy atom. The van der Waals surface area contributed by atoms with Crippen molar-refractivity contribution in [2.45, 2.75) is 26.1 Å². The molecule has 0 radical (unpaired) electrons. The lowest BCUT2D eigenvalue weighted by Gasteiger charge is -2.21. The van der Waals surface area contributed by atoms with Crippen molar-refractivity contribution in [2.24, 2.45) is 0 Å². The Kier molecular flexibility index (Phi) is 4.24. The number of aryl methyl sites for hydroxylation is 2. The third-order valence-corrected chi connectivity index (χ3v) is 4.20. The monoisotopic (exact) mass is 353 g/mol. The van der Waals surface area contributed by atoms with Crippen molar-refractivity contribution in [3.63, 3.8) is 0 Å². The average molecular weight is 353 g/mol. The highest BCUT2D eigenvalue weighted by atomic mass is 19.4. The second-order valence-electron chi connectivity index (χ2n) is 5.77. The smallest absolute Gasteiger partial charge is 0.418 e. The molecule has 0 amide bonds. The van der Waals surface area contributed by atoms with E-state index in [9.17, 15) is 13.2 Å². The standard InChI is InChI=1S/C17H18F3N3O2/c1-9-5-6-10(2)23(9)16-13-12(21-22-16)8-7-11(14(13)24-3)15(25-4)17(18,19)20/h5-8,15H,1-4H3,(H,21,22). The van der Waals surface area contributed by atoms with Crippen LogP contribution >= 0.6 is 0 Å². The van der Waals surface area contributed by atoms with Gasteiger partial charge in [-0.3, -0.25) is 5.10 Å². The normalized spacial score (nSPS) is 13.4. The molecule has 0 aliphatic heterocycles. The van der Waals surface area contributed by atoms with Gasteiger partial charge in [-0.15, -0.1) is 0 Å². The van der Waals surface area contributed by atoms with Gasteiger partial charge in [-0.05, 0) is 32.0 Å². The number of nitrogens with one attached hydrogen (secondary N) is 1. The van der Waals surface area contributed by atoms with E-state index >= 15 is 0 Å². The van der Waals surface area contributed by atoms with Gasteiger partial charge in [0.2, 0.25) is 0 Å². The van der Waals surface area contributed by atoms with Gasteiger partial charge in [-0.25, -0.2) is 0 Å². The predicted octanol–water partition coefficient (Wildman–Crippen LogP) is 4.23. The molecule has 0 saturated carbocycles. The zero-order valence-electron chi connectivity index (χ0n) is 14.2. The molecule has 1 atom stereocenters. The molecule has 1 unspecified atom stereocenters. The van der Waals surface area contributed by atoms with Crippen LogP contribution in [0.5, 0.6) is 5.75 Å². The zero-order valence-corrected chi connectivity index (χ0v) is 14.2. The number of aromatic nitrogens is 3. The first-order valence-electron chi connectivity index (χ1n) is 7.59. The Morgan fingerprint density at radius 3 is 2.24 bits per heavy atom. The van der Waals surface area contributed by atoms with Crippen molar-refractivity contribution in [1.82, 2.24) is 14.8 Å². The third kappa shape index (κ3) is 2.76. The number of halogens is 3. The summed E-state index contributed by atoms with van der Waals surface area (Å²) in [6.45, 7) is 3.80. The molecule has 2 heterocycles. The molecule has 134 valence electrons. The number of hydrogen-bond donors (Lipinski definition) is 1. The second kappa shape index (κ2) is 6.11. The number of benzene rings is 1. The number of aromatic amines is 1. The number of nitrogens with zero attached hydrogens (tertiary/aromatic N) is 2. The SMILES string of the molecule is COc1c(C(OC)C(F)(F)F)ccc2[nH]nc(-n3c(C)ccc3C)c12. The van der Waals surface area contributed by atoms with Gasteiger partial charge >= 0.3 is 6.18 Å². The van der Waals surface area contributed by atoms with Gasteiger partial charge in [-0.1, -0.05) is 6.07 Å². The predicted molar refractivity (Wildman–Crippen MR) is 87.3 cm³/mol. The Balaban J connectivity index is 2.32. The Hall–Kier alpha value is -2.48. The van der Waals surface area contributed by atoms with Gasteiger partial charge in [0.1, 0.15) is 5.75 Å². The Bertz CT molecular complexity index is 892. The minimum absolute atomic E-state index is 0.0879. The zero-order chi connectivity index (χ0) is 18.4. The lowest BCUT2D eigenvalue weighted by atomic mass is 10.0. The summed E-state index contributed by atoms with van der Waals surface area (Å²) < 4.78 is 52.0. The minimum atomic E-state index is -4.56. The van der Waals surface area contributed by atoms with Crippen LogP contribution in [0.1, 0.15) is 23.1 Å². The van der Waals surface area contributed by atoms with Crippen LogP contribution < -0.4 is 4.74 Å². The van der Waals surface area contributed by atoms with Crippen molar-refractivity contribution in [1.29, 1.82) is 0 Å². The van der Waals surface area contributed by atoms with Crippen molar-refractivity contribution in [3.8, 4) is 11.6 Å². The molecule has 8 heteroatoms. The van der Waals surface area contributed by atoms with E-state index < -0.39 is 12.3 Å². The summed E-state index contributed by atoms with van der Waals surface area (Å²) in [6, 6.07) is 6.73. The number of hydrogen-bond acceptors (Lipinski definition) is 3. The third-order valence-electron chi connectivity index (χ3n) is 4.20. The number of rotatable bonds is 4. The maximum Gasteiger partial charge on any atom is 0.418 e. The molecular formula is C17H18F3N3O2. The van der Waals surface area contributed by atoms with E-state index in [1.165, 1.54) is 13.2 Å². The highest BCUT2D eigenvalue weighted by Gasteiger charge is 2.43. The summed E-state index contributed by atoms with van der Waals surface area (Å²) >= 11 is 0. The van der Waals surface area contributed by atoms with E-state index in [0.29, 0.717) is 16.7 Å².